The summed E-state index contributed by atoms with van der Waals surface area (Å²) in [5.74, 6) is 3.64. The third-order valence-corrected chi connectivity index (χ3v) is 8.49. The molecular formula is C21H38S2. The Morgan fingerprint density at radius 1 is 1.04 bits per heavy atom. The van der Waals surface area contributed by atoms with E-state index in [1.54, 1.807) is 5.57 Å². The Hall–Kier alpha value is 0.440. The molecular weight excluding hydrogens is 316 g/mol. The van der Waals surface area contributed by atoms with Gasteiger partial charge in [-0.15, -0.1) is 0 Å². The molecule has 2 atom stereocenters. The molecule has 0 bridgehead atoms. The van der Waals surface area contributed by atoms with Crippen molar-refractivity contribution in [3.63, 3.8) is 0 Å². The molecule has 0 amide bonds. The van der Waals surface area contributed by atoms with Gasteiger partial charge in [0, 0.05) is 4.75 Å². The maximum absolute atomic E-state index is 4.65. The van der Waals surface area contributed by atoms with Crippen LogP contribution in [0, 0.1) is 5.92 Å². The van der Waals surface area contributed by atoms with Crippen molar-refractivity contribution >= 4 is 23.5 Å². The lowest BCUT2D eigenvalue weighted by Gasteiger charge is -2.38. The second-order valence-corrected chi connectivity index (χ2v) is 10.1. The van der Waals surface area contributed by atoms with E-state index < -0.39 is 0 Å². The van der Waals surface area contributed by atoms with Gasteiger partial charge in [-0.3, -0.25) is 0 Å². The molecule has 0 aromatic rings. The second kappa shape index (κ2) is 11.1. The summed E-state index contributed by atoms with van der Waals surface area (Å²) in [6, 6.07) is 0. The van der Waals surface area contributed by atoms with Crippen molar-refractivity contribution in [3.8, 4) is 0 Å². The van der Waals surface area contributed by atoms with E-state index in [1.165, 1.54) is 101 Å². The van der Waals surface area contributed by atoms with E-state index >= 15 is 0 Å². The van der Waals surface area contributed by atoms with Gasteiger partial charge >= 0.3 is 0 Å². The predicted octanol–water partition coefficient (Wildman–Crippen LogP) is 7.48. The first-order valence-electron chi connectivity index (χ1n) is 10.1. The van der Waals surface area contributed by atoms with Crippen LogP contribution in [0.5, 0.6) is 0 Å². The molecule has 0 aromatic carbocycles. The standard InChI is InChI=1S/C21H38S2/c1-19-13-9-7-5-3-4-6-8-11-16-21(19)20(15-18-23-21)14-10-12-17-22-2/h20H,1,3-18H2,2H3. The minimum absolute atomic E-state index is 0.457. The first-order valence-corrected chi connectivity index (χ1v) is 12.5. The largest absolute Gasteiger partial charge is 0.165 e. The van der Waals surface area contributed by atoms with Crippen LogP contribution in [0.2, 0.25) is 0 Å². The number of hydrogen-bond acceptors (Lipinski definition) is 2. The number of unbranched alkanes of at least 4 members (excludes halogenated alkanes) is 1. The summed E-state index contributed by atoms with van der Waals surface area (Å²) in [7, 11) is 0. The van der Waals surface area contributed by atoms with Crippen molar-refractivity contribution in [1.82, 2.24) is 0 Å². The van der Waals surface area contributed by atoms with E-state index in [1.807, 2.05) is 11.8 Å². The van der Waals surface area contributed by atoms with E-state index in [2.05, 4.69) is 24.6 Å². The van der Waals surface area contributed by atoms with Gasteiger partial charge in [0.15, 0.2) is 0 Å². The fourth-order valence-electron chi connectivity index (χ4n) is 4.59. The fourth-order valence-corrected chi connectivity index (χ4v) is 6.92. The highest BCUT2D eigenvalue weighted by atomic mass is 32.2. The van der Waals surface area contributed by atoms with Crippen LogP contribution in [-0.4, -0.2) is 22.5 Å². The van der Waals surface area contributed by atoms with Gasteiger partial charge in [-0.25, -0.2) is 0 Å². The van der Waals surface area contributed by atoms with E-state index in [0.717, 1.165) is 5.92 Å². The van der Waals surface area contributed by atoms with E-state index in [9.17, 15) is 0 Å². The molecule has 2 heteroatoms. The summed E-state index contributed by atoms with van der Waals surface area (Å²) in [5, 5.41) is 0. The molecule has 0 radical (unpaired) electrons. The summed E-state index contributed by atoms with van der Waals surface area (Å²) in [6.07, 6.45) is 22.3. The van der Waals surface area contributed by atoms with Gasteiger partial charge in [0.05, 0.1) is 0 Å². The van der Waals surface area contributed by atoms with Crippen LogP contribution in [0.1, 0.15) is 89.9 Å². The normalized spacial score (nSPS) is 31.0. The van der Waals surface area contributed by atoms with Crippen LogP contribution in [0.4, 0.5) is 0 Å². The molecule has 134 valence electrons. The molecule has 23 heavy (non-hydrogen) atoms. The van der Waals surface area contributed by atoms with Gasteiger partial charge < -0.3 is 0 Å². The van der Waals surface area contributed by atoms with Gasteiger partial charge in [-0.1, -0.05) is 63.5 Å². The lowest BCUT2D eigenvalue weighted by atomic mass is 9.76. The average Bonchev–Trinajstić information content (AvgIpc) is 2.96. The molecule has 0 N–H and O–H groups in total. The Kier molecular flexibility index (Phi) is 9.56. The molecule has 2 rings (SSSR count). The Morgan fingerprint density at radius 3 is 2.48 bits per heavy atom. The van der Waals surface area contributed by atoms with Crippen molar-refractivity contribution in [3.05, 3.63) is 12.2 Å². The van der Waals surface area contributed by atoms with E-state index in [-0.39, 0.29) is 0 Å². The predicted molar refractivity (Wildman–Crippen MR) is 111 cm³/mol. The molecule has 1 aliphatic carbocycles. The highest BCUT2D eigenvalue weighted by Crippen LogP contribution is 2.53. The Bertz CT molecular complexity index is 339. The third-order valence-electron chi connectivity index (χ3n) is 6.01. The molecule has 2 aliphatic rings. The monoisotopic (exact) mass is 354 g/mol. The first kappa shape index (κ1) is 19.8. The number of hydrogen-bond donors (Lipinski definition) is 0. The zero-order valence-corrected chi connectivity index (χ0v) is 17.0. The fraction of sp³-hybridized carbons (Fsp3) is 0.905. The van der Waals surface area contributed by atoms with Crippen LogP contribution in [0.3, 0.4) is 0 Å². The second-order valence-electron chi connectivity index (χ2n) is 7.64. The van der Waals surface area contributed by atoms with E-state index in [4.69, 9.17) is 0 Å². The maximum Gasteiger partial charge on any atom is 0.0393 e. The topological polar surface area (TPSA) is 0 Å². The van der Waals surface area contributed by atoms with Gasteiger partial charge in [-0.2, -0.15) is 23.5 Å². The SMILES string of the molecule is C=C1CCCCCCCCCCC12SCCC2CCCCSC. The van der Waals surface area contributed by atoms with Gasteiger partial charge in [0.25, 0.3) is 0 Å². The minimum Gasteiger partial charge on any atom is -0.165 e. The van der Waals surface area contributed by atoms with Crippen LogP contribution in [0.15, 0.2) is 12.2 Å². The molecule has 1 saturated carbocycles. The Balaban J connectivity index is 1.96. The van der Waals surface area contributed by atoms with Crippen molar-refractivity contribution in [1.29, 1.82) is 0 Å². The summed E-state index contributed by atoms with van der Waals surface area (Å²) >= 11 is 4.30. The van der Waals surface area contributed by atoms with Crippen LogP contribution in [0.25, 0.3) is 0 Å². The van der Waals surface area contributed by atoms with Crippen LogP contribution >= 0.6 is 23.5 Å². The van der Waals surface area contributed by atoms with Crippen molar-refractivity contribution < 1.29 is 0 Å². The summed E-state index contributed by atoms with van der Waals surface area (Å²) in [4.78, 5) is 0. The third kappa shape index (κ3) is 6.03. The van der Waals surface area contributed by atoms with Crippen LogP contribution < -0.4 is 0 Å². The average molecular weight is 355 g/mol. The zero-order chi connectivity index (χ0) is 16.4. The molecule has 1 spiro atoms. The van der Waals surface area contributed by atoms with E-state index in [0.29, 0.717) is 4.75 Å². The van der Waals surface area contributed by atoms with Gasteiger partial charge in [0.1, 0.15) is 0 Å². The highest BCUT2D eigenvalue weighted by molar-refractivity contribution is 8.01. The first-order chi connectivity index (χ1) is 11.3. The van der Waals surface area contributed by atoms with Crippen molar-refractivity contribution in [2.75, 3.05) is 17.8 Å². The van der Waals surface area contributed by atoms with Crippen molar-refractivity contribution in [2.24, 2.45) is 5.92 Å². The highest BCUT2D eigenvalue weighted by Gasteiger charge is 2.44. The minimum atomic E-state index is 0.457. The molecule has 1 aliphatic heterocycles. The molecule has 0 nitrogen and oxygen atoms in total. The number of rotatable bonds is 5. The Morgan fingerprint density at radius 2 is 1.74 bits per heavy atom. The van der Waals surface area contributed by atoms with Gasteiger partial charge in [0.2, 0.25) is 0 Å². The van der Waals surface area contributed by atoms with Gasteiger partial charge in [-0.05, 0) is 62.2 Å². The Labute approximate surface area is 154 Å². The number of thioether (sulfide) groups is 2. The molecule has 1 heterocycles. The molecule has 2 fully saturated rings. The molecule has 1 saturated heterocycles. The summed E-state index contributed by atoms with van der Waals surface area (Å²) < 4.78 is 0.457. The van der Waals surface area contributed by atoms with Crippen LogP contribution in [-0.2, 0) is 0 Å². The zero-order valence-electron chi connectivity index (χ0n) is 15.4. The quantitative estimate of drug-likeness (QED) is 0.370. The lowest BCUT2D eigenvalue weighted by molar-refractivity contribution is 0.353. The molecule has 0 aromatic heterocycles. The molecule has 2 unspecified atom stereocenters. The van der Waals surface area contributed by atoms with Crippen molar-refractivity contribution in [2.45, 2.75) is 94.6 Å². The summed E-state index contributed by atoms with van der Waals surface area (Å²) in [6.45, 7) is 4.65. The maximum atomic E-state index is 4.65. The lowest BCUT2D eigenvalue weighted by Crippen LogP contribution is -2.33. The summed E-state index contributed by atoms with van der Waals surface area (Å²) in [5.41, 5.74) is 1.62. The smallest absolute Gasteiger partial charge is 0.0393 e.